The fourth-order valence-corrected chi connectivity index (χ4v) is 4.14. The Morgan fingerprint density at radius 1 is 1.07 bits per heavy atom. The zero-order valence-electron chi connectivity index (χ0n) is 16.5. The molecule has 1 N–H and O–H groups in total. The Labute approximate surface area is 166 Å². The Hall–Kier alpha value is -2.74. The Balaban J connectivity index is 2.20. The van der Waals surface area contributed by atoms with Gasteiger partial charge in [-0.3, -0.25) is 9.10 Å². The number of benzene rings is 2. The molecule has 0 aliphatic rings. The Kier molecular flexibility index (Phi) is 7.28. The summed E-state index contributed by atoms with van der Waals surface area (Å²) < 4.78 is 36.4. The van der Waals surface area contributed by atoms with Gasteiger partial charge in [-0.2, -0.15) is 0 Å². The van der Waals surface area contributed by atoms with E-state index in [1.807, 2.05) is 6.07 Å². The van der Waals surface area contributed by atoms with Crippen molar-refractivity contribution in [1.29, 1.82) is 0 Å². The molecule has 152 valence electrons. The molecule has 0 aromatic heterocycles. The SMILES string of the molecule is CC[C@H](C(=O)NCc1ccc(OC)c(OC)c1)N(c1ccccc1)S(C)(=O)=O. The molecule has 0 aliphatic heterocycles. The molecule has 7 nitrogen and oxygen atoms in total. The van der Waals surface area contributed by atoms with Crippen molar-refractivity contribution in [1.82, 2.24) is 5.32 Å². The van der Waals surface area contributed by atoms with Gasteiger partial charge in [-0.05, 0) is 36.2 Å². The summed E-state index contributed by atoms with van der Waals surface area (Å²) in [5.74, 6) is 0.784. The molecule has 2 aromatic carbocycles. The van der Waals surface area contributed by atoms with Crippen molar-refractivity contribution in [2.75, 3.05) is 24.8 Å². The minimum Gasteiger partial charge on any atom is -0.493 e. The number of hydrogen-bond acceptors (Lipinski definition) is 5. The number of ether oxygens (including phenoxy) is 2. The number of nitrogens with zero attached hydrogens (tertiary/aromatic N) is 1. The lowest BCUT2D eigenvalue weighted by molar-refractivity contribution is -0.122. The van der Waals surface area contributed by atoms with Crippen LogP contribution in [0.25, 0.3) is 0 Å². The molecular weight excluding hydrogens is 380 g/mol. The molecule has 1 amide bonds. The first-order valence-electron chi connectivity index (χ1n) is 8.84. The zero-order chi connectivity index (χ0) is 20.7. The smallest absolute Gasteiger partial charge is 0.244 e. The molecule has 2 rings (SSSR count). The third-order valence-corrected chi connectivity index (χ3v) is 5.43. The van der Waals surface area contributed by atoms with Crippen molar-refractivity contribution in [2.24, 2.45) is 0 Å². The number of nitrogens with one attached hydrogen (secondary N) is 1. The summed E-state index contributed by atoms with van der Waals surface area (Å²) >= 11 is 0. The molecule has 1 atom stereocenters. The quantitative estimate of drug-likeness (QED) is 0.692. The summed E-state index contributed by atoms with van der Waals surface area (Å²) in [4.78, 5) is 12.8. The topological polar surface area (TPSA) is 84.9 Å². The lowest BCUT2D eigenvalue weighted by Crippen LogP contribution is -2.49. The second-order valence-corrected chi connectivity index (χ2v) is 8.08. The van der Waals surface area contributed by atoms with Gasteiger partial charge in [0, 0.05) is 6.54 Å². The maximum absolute atomic E-state index is 12.8. The summed E-state index contributed by atoms with van der Waals surface area (Å²) in [6.07, 6.45) is 1.43. The number of hydrogen-bond donors (Lipinski definition) is 1. The van der Waals surface area contributed by atoms with Crippen LogP contribution in [0.1, 0.15) is 18.9 Å². The standard InChI is InChI=1S/C20H26N2O5S/c1-5-17(22(28(4,24)25)16-9-7-6-8-10-16)20(23)21-14-15-11-12-18(26-2)19(13-15)27-3/h6-13,17H,5,14H2,1-4H3,(H,21,23)/t17-/m1/s1. The zero-order valence-corrected chi connectivity index (χ0v) is 17.3. The molecule has 0 saturated heterocycles. The molecule has 0 heterocycles. The van der Waals surface area contributed by atoms with Crippen LogP contribution in [0.2, 0.25) is 0 Å². The molecular formula is C20H26N2O5S. The molecule has 28 heavy (non-hydrogen) atoms. The fourth-order valence-electron chi connectivity index (χ4n) is 2.93. The summed E-state index contributed by atoms with van der Waals surface area (Å²) in [6.45, 7) is 2.02. The van der Waals surface area contributed by atoms with Crippen LogP contribution >= 0.6 is 0 Å². The van der Waals surface area contributed by atoms with E-state index in [-0.39, 0.29) is 12.5 Å². The number of para-hydroxylation sites is 1. The number of methoxy groups -OCH3 is 2. The van der Waals surface area contributed by atoms with E-state index in [1.165, 1.54) is 7.11 Å². The predicted molar refractivity (Wildman–Crippen MR) is 109 cm³/mol. The molecule has 0 bridgehead atoms. The summed E-state index contributed by atoms with van der Waals surface area (Å²) in [5, 5.41) is 2.82. The van der Waals surface area contributed by atoms with E-state index in [0.717, 1.165) is 16.1 Å². The molecule has 0 aliphatic carbocycles. The van der Waals surface area contributed by atoms with Gasteiger partial charge in [-0.1, -0.05) is 31.2 Å². The lowest BCUT2D eigenvalue weighted by Gasteiger charge is -2.30. The largest absolute Gasteiger partial charge is 0.493 e. The van der Waals surface area contributed by atoms with Gasteiger partial charge >= 0.3 is 0 Å². The second-order valence-electron chi connectivity index (χ2n) is 6.23. The van der Waals surface area contributed by atoms with Crippen LogP contribution in [0.3, 0.4) is 0 Å². The molecule has 0 spiro atoms. The highest BCUT2D eigenvalue weighted by molar-refractivity contribution is 7.92. The van der Waals surface area contributed by atoms with Gasteiger partial charge in [0.2, 0.25) is 15.9 Å². The van der Waals surface area contributed by atoms with Crippen LogP contribution in [0.15, 0.2) is 48.5 Å². The van der Waals surface area contributed by atoms with E-state index in [2.05, 4.69) is 5.32 Å². The summed E-state index contributed by atoms with van der Waals surface area (Å²) in [6, 6.07) is 13.1. The molecule has 0 radical (unpaired) electrons. The Morgan fingerprint density at radius 2 is 1.71 bits per heavy atom. The van der Waals surface area contributed by atoms with Gasteiger partial charge in [-0.15, -0.1) is 0 Å². The monoisotopic (exact) mass is 406 g/mol. The third kappa shape index (κ3) is 5.16. The van der Waals surface area contributed by atoms with Crippen LogP contribution < -0.4 is 19.1 Å². The molecule has 8 heteroatoms. The van der Waals surface area contributed by atoms with Gasteiger partial charge in [0.05, 0.1) is 26.2 Å². The van der Waals surface area contributed by atoms with E-state index in [0.29, 0.717) is 23.6 Å². The van der Waals surface area contributed by atoms with Crippen molar-refractivity contribution in [3.63, 3.8) is 0 Å². The highest BCUT2D eigenvalue weighted by atomic mass is 32.2. The van der Waals surface area contributed by atoms with Crippen LogP contribution in [-0.2, 0) is 21.4 Å². The molecule has 2 aromatic rings. The third-order valence-electron chi connectivity index (χ3n) is 4.26. The van der Waals surface area contributed by atoms with Gasteiger partial charge in [0.25, 0.3) is 0 Å². The number of rotatable bonds is 9. The van der Waals surface area contributed by atoms with E-state index < -0.39 is 16.1 Å². The maximum atomic E-state index is 12.8. The number of anilines is 1. The normalized spacial score (nSPS) is 12.1. The number of amides is 1. The van der Waals surface area contributed by atoms with E-state index in [1.54, 1.807) is 56.5 Å². The average molecular weight is 407 g/mol. The van der Waals surface area contributed by atoms with Gasteiger partial charge in [-0.25, -0.2) is 8.42 Å². The van der Waals surface area contributed by atoms with Crippen molar-refractivity contribution in [2.45, 2.75) is 25.9 Å². The van der Waals surface area contributed by atoms with Gasteiger partial charge in [0.15, 0.2) is 11.5 Å². The number of carbonyl (C=O) groups is 1. The molecule has 0 saturated carbocycles. The van der Waals surface area contributed by atoms with Crippen molar-refractivity contribution < 1.29 is 22.7 Å². The highest BCUT2D eigenvalue weighted by Gasteiger charge is 2.31. The van der Waals surface area contributed by atoms with Crippen LogP contribution in [0, 0.1) is 0 Å². The summed E-state index contributed by atoms with van der Waals surface area (Å²) in [7, 11) is -0.552. The summed E-state index contributed by atoms with van der Waals surface area (Å²) in [5.41, 5.74) is 1.27. The first kappa shape index (κ1) is 21.6. The van der Waals surface area contributed by atoms with Gasteiger partial charge < -0.3 is 14.8 Å². The van der Waals surface area contributed by atoms with Crippen molar-refractivity contribution in [3.05, 3.63) is 54.1 Å². The van der Waals surface area contributed by atoms with Crippen LogP contribution in [0.5, 0.6) is 11.5 Å². The van der Waals surface area contributed by atoms with Crippen molar-refractivity contribution in [3.8, 4) is 11.5 Å². The van der Waals surface area contributed by atoms with E-state index in [4.69, 9.17) is 9.47 Å². The van der Waals surface area contributed by atoms with Gasteiger partial charge in [0.1, 0.15) is 6.04 Å². The number of sulfonamides is 1. The number of carbonyl (C=O) groups excluding carboxylic acids is 1. The minimum atomic E-state index is -3.64. The van der Waals surface area contributed by atoms with Crippen LogP contribution in [-0.4, -0.2) is 40.8 Å². The van der Waals surface area contributed by atoms with E-state index in [9.17, 15) is 13.2 Å². The van der Waals surface area contributed by atoms with Crippen molar-refractivity contribution >= 4 is 21.6 Å². The van der Waals surface area contributed by atoms with E-state index >= 15 is 0 Å². The highest BCUT2D eigenvalue weighted by Crippen LogP contribution is 2.27. The average Bonchev–Trinajstić information content (AvgIpc) is 2.69. The molecule has 0 fully saturated rings. The minimum absolute atomic E-state index is 0.238. The molecule has 0 unspecified atom stereocenters. The fraction of sp³-hybridized carbons (Fsp3) is 0.350. The predicted octanol–water partition coefficient (Wildman–Crippen LogP) is 2.56. The maximum Gasteiger partial charge on any atom is 0.244 e. The Bertz CT molecular complexity index is 900. The first-order chi connectivity index (χ1) is 13.3. The lowest BCUT2D eigenvalue weighted by atomic mass is 10.1. The van der Waals surface area contributed by atoms with Crippen LogP contribution in [0.4, 0.5) is 5.69 Å². The second kappa shape index (κ2) is 9.45. The Morgan fingerprint density at radius 3 is 2.25 bits per heavy atom. The first-order valence-corrected chi connectivity index (χ1v) is 10.7.